The summed E-state index contributed by atoms with van der Waals surface area (Å²) in [5.74, 6) is -1.54. The maximum absolute atomic E-state index is 12.9. The van der Waals surface area contributed by atoms with Crippen molar-refractivity contribution < 1.29 is 27.5 Å². The van der Waals surface area contributed by atoms with Crippen LogP contribution in [0.4, 0.5) is 18.9 Å². The topological polar surface area (TPSA) is 55.4 Å². The maximum Gasteiger partial charge on any atom is 0.416 e. The molecule has 3 aromatic carbocycles. The van der Waals surface area contributed by atoms with Crippen molar-refractivity contribution in [3.8, 4) is 5.75 Å². The van der Waals surface area contributed by atoms with Gasteiger partial charge in [-0.1, -0.05) is 35.9 Å². The zero-order valence-electron chi connectivity index (χ0n) is 14.7. The Kier molecular flexibility index (Phi) is 5.89. The van der Waals surface area contributed by atoms with Gasteiger partial charge in [-0.2, -0.15) is 13.2 Å². The van der Waals surface area contributed by atoms with Gasteiger partial charge in [-0.25, -0.2) is 4.79 Å². The van der Waals surface area contributed by atoms with Gasteiger partial charge in [-0.3, -0.25) is 4.79 Å². The molecule has 1 N–H and O–H groups in total. The zero-order chi connectivity index (χ0) is 21.0. The fraction of sp³-hybridized carbons (Fsp3) is 0.0476. The van der Waals surface area contributed by atoms with Crippen LogP contribution in [-0.2, 0) is 6.18 Å². The Balaban J connectivity index is 1.86. The number of ether oxygens (including phenoxy) is 1. The average molecular weight is 420 g/mol. The Bertz CT molecular complexity index is 1050. The predicted octanol–water partition coefficient (Wildman–Crippen LogP) is 5.83. The first-order valence-corrected chi connectivity index (χ1v) is 8.67. The molecule has 29 heavy (non-hydrogen) atoms. The lowest BCUT2D eigenvalue weighted by Gasteiger charge is -2.12. The molecule has 3 aromatic rings. The minimum Gasteiger partial charge on any atom is -0.422 e. The number of anilines is 1. The Hall–Kier alpha value is -3.32. The summed E-state index contributed by atoms with van der Waals surface area (Å²) in [6.45, 7) is 0. The predicted molar refractivity (Wildman–Crippen MR) is 102 cm³/mol. The van der Waals surface area contributed by atoms with E-state index in [4.69, 9.17) is 16.3 Å². The standard InChI is InChI=1S/C21H13ClF3NO3/c22-15-9-10-18(29-20(28)13-5-2-1-3-6-13)17(12-15)19(27)26-16-8-4-7-14(11-16)21(23,24)25/h1-12H,(H,26,27). The van der Waals surface area contributed by atoms with Crippen molar-refractivity contribution in [2.45, 2.75) is 6.18 Å². The Morgan fingerprint density at radius 1 is 0.897 bits per heavy atom. The minimum absolute atomic E-state index is 0.0647. The third-order valence-corrected chi connectivity index (χ3v) is 4.08. The van der Waals surface area contributed by atoms with Crippen molar-refractivity contribution >= 4 is 29.2 Å². The maximum atomic E-state index is 12.9. The van der Waals surface area contributed by atoms with Crippen molar-refractivity contribution in [2.75, 3.05) is 5.32 Å². The molecular weight excluding hydrogens is 407 g/mol. The molecule has 0 aliphatic rings. The van der Waals surface area contributed by atoms with E-state index in [0.29, 0.717) is 0 Å². The summed E-state index contributed by atoms with van der Waals surface area (Å²) in [6, 6.07) is 16.3. The van der Waals surface area contributed by atoms with Crippen LogP contribution < -0.4 is 10.1 Å². The summed E-state index contributed by atoms with van der Waals surface area (Å²) in [5, 5.41) is 2.56. The van der Waals surface area contributed by atoms with Gasteiger partial charge in [-0.05, 0) is 48.5 Å². The molecule has 0 atom stereocenters. The van der Waals surface area contributed by atoms with Gasteiger partial charge < -0.3 is 10.1 Å². The van der Waals surface area contributed by atoms with Gasteiger partial charge >= 0.3 is 12.1 Å². The number of halogens is 4. The highest BCUT2D eigenvalue weighted by molar-refractivity contribution is 6.31. The highest BCUT2D eigenvalue weighted by Crippen LogP contribution is 2.31. The van der Waals surface area contributed by atoms with Crippen LogP contribution in [0.2, 0.25) is 5.02 Å². The molecule has 0 radical (unpaired) electrons. The van der Waals surface area contributed by atoms with Gasteiger partial charge in [0, 0.05) is 10.7 Å². The second-order valence-corrected chi connectivity index (χ2v) is 6.37. The molecule has 3 rings (SSSR count). The summed E-state index contributed by atoms with van der Waals surface area (Å²) in [5.41, 5.74) is -0.798. The van der Waals surface area contributed by atoms with Gasteiger partial charge in [0.25, 0.3) is 5.91 Å². The summed E-state index contributed by atoms with van der Waals surface area (Å²) >= 11 is 5.93. The van der Waals surface area contributed by atoms with Crippen LogP contribution in [0.1, 0.15) is 26.3 Å². The van der Waals surface area contributed by atoms with E-state index in [-0.39, 0.29) is 27.6 Å². The molecule has 0 aromatic heterocycles. The number of nitrogens with one attached hydrogen (secondary N) is 1. The van der Waals surface area contributed by atoms with Gasteiger partial charge in [0.05, 0.1) is 16.7 Å². The SMILES string of the molecule is O=C(Oc1ccc(Cl)cc1C(=O)Nc1cccc(C(F)(F)F)c1)c1ccccc1. The molecule has 1 amide bonds. The van der Waals surface area contributed by atoms with E-state index >= 15 is 0 Å². The van der Waals surface area contributed by atoms with Crippen LogP contribution in [0.15, 0.2) is 72.8 Å². The number of hydrogen-bond donors (Lipinski definition) is 1. The third kappa shape index (κ3) is 5.14. The zero-order valence-corrected chi connectivity index (χ0v) is 15.4. The van der Waals surface area contributed by atoms with E-state index in [1.165, 1.54) is 30.3 Å². The van der Waals surface area contributed by atoms with Crippen molar-refractivity contribution in [2.24, 2.45) is 0 Å². The molecule has 0 aliphatic heterocycles. The van der Waals surface area contributed by atoms with Crippen LogP contribution in [0.3, 0.4) is 0 Å². The third-order valence-electron chi connectivity index (χ3n) is 3.85. The van der Waals surface area contributed by atoms with E-state index < -0.39 is 23.6 Å². The summed E-state index contributed by atoms with van der Waals surface area (Å²) < 4.78 is 43.9. The molecule has 0 unspecified atom stereocenters. The van der Waals surface area contributed by atoms with Crippen LogP contribution in [0.25, 0.3) is 0 Å². The number of carbonyl (C=O) groups excluding carboxylic acids is 2. The molecule has 0 aliphatic carbocycles. The van der Waals surface area contributed by atoms with Crippen LogP contribution in [0.5, 0.6) is 5.75 Å². The number of esters is 1. The second-order valence-electron chi connectivity index (χ2n) is 5.93. The number of benzene rings is 3. The van der Waals surface area contributed by atoms with E-state index in [2.05, 4.69) is 5.32 Å². The number of carbonyl (C=O) groups is 2. The van der Waals surface area contributed by atoms with Gasteiger partial charge in [-0.15, -0.1) is 0 Å². The molecule has 4 nitrogen and oxygen atoms in total. The molecule has 0 fully saturated rings. The fourth-order valence-corrected chi connectivity index (χ4v) is 2.65. The first-order chi connectivity index (χ1) is 13.7. The first-order valence-electron chi connectivity index (χ1n) is 8.29. The monoisotopic (exact) mass is 419 g/mol. The smallest absolute Gasteiger partial charge is 0.416 e. The largest absolute Gasteiger partial charge is 0.422 e. The lowest BCUT2D eigenvalue weighted by atomic mass is 10.1. The lowest BCUT2D eigenvalue weighted by molar-refractivity contribution is -0.137. The van der Waals surface area contributed by atoms with E-state index in [1.54, 1.807) is 30.3 Å². The van der Waals surface area contributed by atoms with E-state index in [1.807, 2.05) is 0 Å². The molecule has 0 saturated carbocycles. The summed E-state index contributed by atoms with van der Waals surface area (Å²) in [6.07, 6.45) is -4.55. The highest BCUT2D eigenvalue weighted by atomic mass is 35.5. The fourth-order valence-electron chi connectivity index (χ4n) is 2.47. The van der Waals surface area contributed by atoms with Gasteiger partial charge in [0.15, 0.2) is 0 Å². The molecule has 8 heteroatoms. The first kappa shape index (κ1) is 20.4. The molecular formula is C21H13ClF3NO3. The Morgan fingerprint density at radius 3 is 2.31 bits per heavy atom. The molecule has 0 heterocycles. The number of hydrogen-bond acceptors (Lipinski definition) is 3. The second kappa shape index (κ2) is 8.36. The Morgan fingerprint density at radius 2 is 1.62 bits per heavy atom. The number of rotatable bonds is 4. The molecule has 0 spiro atoms. The number of amides is 1. The summed E-state index contributed by atoms with van der Waals surface area (Å²) in [4.78, 5) is 24.9. The van der Waals surface area contributed by atoms with Crippen molar-refractivity contribution in [1.29, 1.82) is 0 Å². The van der Waals surface area contributed by atoms with Gasteiger partial charge in [0.1, 0.15) is 5.75 Å². The quantitative estimate of drug-likeness (QED) is 0.427. The average Bonchev–Trinajstić information content (AvgIpc) is 2.69. The minimum atomic E-state index is -4.55. The normalized spacial score (nSPS) is 11.0. The van der Waals surface area contributed by atoms with Crippen molar-refractivity contribution in [3.05, 3.63) is 94.5 Å². The van der Waals surface area contributed by atoms with E-state index in [0.717, 1.165) is 12.1 Å². The van der Waals surface area contributed by atoms with Gasteiger partial charge in [0.2, 0.25) is 0 Å². The van der Waals surface area contributed by atoms with Crippen molar-refractivity contribution in [1.82, 2.24) is 0 Å². The van der Waals surface area contributed by atoms with Crippen LogP contribution >= 0.6 is 11.6 Å². The molecule has 0 bridgehead atoms. The Labute approximate surface area is 168 Å². The summed E-state index contributed by atoms with van der Waals surface area (Å²) in [7, 11) is 0. The lowest BCUT2D eigenvalue weighted by Crippen LogP contribution is -2.16. The van der Waals surface area contributed by atoms with Crippen LogP contribution in [-0.4, -0.2) is 11.9 Å². The highest BCUT2D eigenvalue weighted by Gasteiger charge is 2.30. The number of alkyl halides is 3. The van der Waals surface area contributed by atoms with Crippen molar-refractivity contribution in [3.63, 3.8) is 0 Å². The van der Waals surface area contributed by atoms with E-state index in [9.17, 15) is 22.8 Å². The molecule has 148 valence electrons. The van der Waals surface area contributed by atoms with Crippen LogP contribution in [0, 0.1) is 0 Å². The molecule has 0 saturated heterocycles.